The zero-order chi connectivity index (χ0) is 20.1. The molecule has 1 heterocycles. The van der Waals surface area contributed by atoms with Gasteiger partial charge in [-0.1, -0.05) is 6.07 Å². The minimum Gasteiger partial charge on any atom is -0.378 e. The second-order valence-electron chi connectivity index (χ2n) is 8.01. The molecule has 162 valence electrons. The zero-order valence-corrected chi connectivity index (χ0v) is 20.4. The molecular formula is C21H35IN6O. The molecule has 7 nitrogen and oxygen atoms in total. The van der Waals surface area contributed by atoms with E-state index in [-0.39, 0.29) is 29.9 Å². The molecule has 0 bridgehead atoms. The first-order valence-corrected chi connectivity index (χ1v) is 10.2. The first kappa shape index (κ1) is 23.7. The lowest BCUT2D eigenvalue weighted by atomic mass is 10.1. The molecule has 1 aliphatic heterocycles. The highest BCUT2D eigenvalue weighted by Crippen LogP contribution is 2.19. The highest BCUT2D eigenvalue weighted by atomic mass is 127. The number of amides is 1. The van der Waals surface area contributed by atoms with Crippen molar-refractivity contribution in [3.05, 3.63) is 29.3 Å². The number of hydrogen-bond donors (Lipinski definition) is 2. The fourth-order valence-electron chi connectivity index (χ4n) is 3.48. The summed E-state index contributed by atoms with van der Waals surface area (Å²) in [6.07, 6.45) is 2.28. The van der Waals surface area contributed by atoms with Crippen LogP contribution in [0, 0.1) is 6.92 Å². The monoisotopic (exact) mass is 514 g/mol. The maximum Gasteiger partial charge on any atom is 0.234 e. The zero-order valence-electron chi connectivity index (χ0n) is 18.1. The minimum absolute atomic E-state index is 0. The fraction of sp³-hybridized carbons (Fsp3) is 0.619. The molecule has 0 atom stereocenters. The molecule has 0 aromatic heterocycles. The van der Waals surface area contributed by atoms with Crippen molar-refractivity contribution in [3.63, 3.8) is 0 Å². The summed E-state index contributed by atoms with van der Waals surface area (Å²) in [5, 5.41) is 6.57. The molecule has 1 aliphatic carbocycles. The highest BCUT2D eigenvalue weighted by Gasteiger charge is 2.25. The molecule has 0 radical (unpaired) electrons. The standard InChI is InChI=1S/C21H34N6O.HI/c1-16-13-19(25(3)4)8-5-17(16)14-23-21(22-2)27-11-9-26(10-12-27)15-20(28)24-18-6-7-18;/h5,8,13,18H,6-7,9-12,14-15H2,1-4H3,(H,22,23)(H,24,28);1H. The average molecular weight is 514 g/mol. The Kier molecular flexibility index (Phi) is 9.01. The quantitative estimate of drug-likeness (QED) is 0.344. The van der Waals surface area contributed by atoms with E-state index in [0.717, 1.165) is 51.5 Å². The number of aryl methyl sites for hydroxylation is 1. The Hall–Kier alpha value is -1.55. The van der Waals surface area contributed by atoms with E-state index in [0.29, 0.717) is 12.6 Å². The van der Waals surface area contributed by atoms with Crippen LogP contribution in [0.15, 0.2) is 23.2 Å². The van der Waals surface area contributed by atoms with Crippen molar-refractivity contribution < 1.29 is 4.79 Å². The molecule has 2 aliphatic rings. The SMILES string of the molecule is CN=C(NCc1ccc(N(C)C)cc1C)N1CCN(CC(=O)NC2CC2)CC1.I. The Morgan fingerprint density at radius 3 is 2.45 bits per heavy atom. The van der Waals surface area contributed by atoms with Gasteiger partial charge in [0.05, 0.1) is 6.54 Å². The number of carbonyl (C=O) groups is 1. The van der Waals surface area contributed by atoms with Crippen LogP contribution in [-0.4, -0.2) is 81.6 Å². The van der Waals surface area contributed by atoms with Gasteiger partial charge < -0.3 is 20.4 Å². The predicted octanol–water partition coefficient (Wildman–Crippen LogP) is 1.65. The van der Waals surface area contributed by atoms with Crippen LogP contribution in [0.25, 0.3) is 0 Å². The van der Waals surface area contributed by atoms with Gasteiger partial charge in [0, 0.05) is 65.6 Å². The molecule has 1 aromatic rings. The van der Waals surface area contributed by atoms with Crippen molar-refractivity contribution in [1.29, 1.82) is 0 Å². The number of nitrogens with zero attached hydrogens (tertiary/aromatic N) is 4. The molecule has 2 N–H and O–H groups in total. The van der Waals surface area contributed by atoms with Gasteiger partial charge in [-0.2, -0.15) is 0 Å². The molecule has 1 amide bonds. The van der Waals surface area contributed by atoms with Gasteiger partial charge in [-0.25, -0.2) is 0 Å². The van der Waals surface area contributed by atoms with Crippen molar-refractivity contribution in [3.8, 4) is 0 Å². The van der Waals surface area contributed by atoms with Gasteiger partial charge in [0.25, 0.3) is 0 Å². The number of guanidine groups is 1. The molecule has 3 rings (SSSR count). The fourth-order valence-corrected chi connectivity index (χ4v) is 3.48. The second kappa shape index (κ2) is 11.0. The Morgan fingerprint density at radius 1 is 1.21 bits per heavy atom. The van der Waals surface area contributed by atoms with E-state index in [1.165, 1.54) is 16.8 Å². The van der Waals surface area contributed by atoms with E-state index in [4.69, 9.17) is 0 Å². The van der Waals surface area contributed by atoms with Gasteiger partial charge in [0.15, 0.2) is 5.96 Å². The van der Waals surface area contributed by atoms with Crippen LogP contribution >= 0.6 is 24.0 Å². The van der Waals surface area contributed by atoms with E-state index in [1.807, 2.05) is 7.05 Å². The lowest BCUT2D eigenvalue weighted by Crippen LogP contribution is -2.54. The smallest absolute Gasteiger partial charge is 0.234 e. The van der Waals surface area contributed by atoms with Crippen LogP contribution in [0.2, 0.25) is 0 Å². The second-order valence-corrected chi connectivity index (χ2v) is 8.01. The maximum atomic E-state index is 12.0. The molecule has 2 fully saturated rings. The summed E-state index contributed by atoms with van der Waals surface area (Å²) in [6, 6.07) is 6.98. The van der Waals surface area contributed by atoms with Crippen LogP contribution in [0.1, 0.15) is 24.0 Å². The number of hydrogen-bond acceptors (Lipinski definition) is 4. The number of nitrogens with one attached hydrogen (secondary N) is 2. The highest BCUT2D eigenvalue weighted by molar-refractivity contribution is 14.0. The lowest BCUT2D eigenvalue weighted by Gasteiger charge is -2.36. The van der Waals surface area contributed by atoms with Gasteiger partial charge in [-0.15, -0.1) is 24.0 Å². The third-order valence-electron chi connectivity index (χ3n) is 5.47. The molecule has 8 heteroatoms. The topological polar surface area (TPSA) is 63.2 Å². The number of carbonyl (C=O) groups excluding carboxylic acids is 1. The number of aliphatic imine (C=N–C) groups is 1. The summed E-state index contributed by atoms with van der Waals surface area (Å²) in [6.45, 7) is 6.96. The Bertz CT molecular complexity index is 711. The Balaban J connectivity index is 0.00000300. The van der Waals surface area contributed by atoms with Crippen molar-refractivity contribution in [2.75, 3.05) is 58.8 Å². The van der Waals surface area contributed by atoms with E-state index in [9.17, 15) is 4.79 Å². The van der Waals surface area contributed by atoms with Crippen LogP contribution in [-0.2, 0) is 11.3 Å². The van der Waals surface area contributed by atoms with Gasteiger partial charge in [-0.3, -0.25) is 14.7 Å². The van der Waals surface area contributed by atoms with E-state index in [1.54, 1.807) is 0 Å². The minimum atomic E-state index is 0. The van der Waals surface area contributed by atoms with Crippen molar-refractivity contribution in [2.45, 2.75) is 32.4 Å². The molecule has 29 heavy (non-hydrogen) atoms. The Labute approximate surface area is 191 Å². The molecule has 0 unspecified atom stereocenters. The van der Waals surface area contributed by atoms with Crippen LogP contribution in [0.5, 0.6) is 0 Å². The van der Waals surface area contributed by atoms with Crippen molar-refractivity contribution in [2.24, 2.45) is 4.99 Å². The normalized spacial score (nSPS) is 17.5. The lowest BCUT2D eigenvalue weighted by molar-refractivity contribution is -0.122. The van der Waals surface area contributed by atoms with Gasteiger partial charge in [0.2, 0.25) is 5.91 Å². The largest absolute Gasteiger partial charge is 0.378 e. The summed E-state index contributed by atoms with van der Waals surface area (Å²) in [4.78, 5) is 23.1. The summed E-state index contributed by atoms with van der Waals surface area (Å²) in [7, 11) is 5.95. The van der Waals surface area contributed by atoms with Gasteiger partial charge >= 0.3 is 0 Å². The van der Waals surface area contributed by atoms with E-state index in [2.05, 4.69) is 69.5 Å². The molecule has 1 saturated heterocycles. The van der Waals surface area contributed by atoms with E-state index >= 15 is 0 Å². The van der Waals surface area contributed by atoms with Crippen molar-refractivity contribution >= 4 is 41.5 Å². The number of benzene rings is 1. The summed E-state index contributed by atoms with van der Waals surface area (Å²) in [5.74, 6) is 1.09. The van der Waals surface area contributed by atoms with Crippen molar-refractivity contribution in [1.82, 2.24) is 20.4 Å². The number of halogens is 1. The number of rotatable bonds is 6. The third kappa shape index (κ3) is 7.02. The van der Waals surface area contributed by atoms with Crippen LogP contribution < -0.4 is 15.5 Å². The third-order valence-corrected chi connectivity index (χ3v) is 5.47. The summed E-state index contributed by atoms with van der Waals surface area (Å²) in [5.41, 5.74) is 3.77. The van der Waals surface area contributed by atoms with Gasteiger partial charge in [0.1, 0.15) is 0 Å². The van der Waals surface area contributed by atoms with Gasteiger partial charge in [-0.05, 0) is 43.0 Å². The maximum absolute atomic E-state index is 12.0. The number of piperazine rings is 1. The average Bonchev–Trinajstić information content (AvgIpc) is 3.48. The molecule has 1 aromatic carbocycles. The summed E-state index contributed by atoms with van der Waals surface area (Å²) < 4.78 is 0. The van der Waals surface area contributed by atoms with Crippen LogP contribution in [0.3, 0.4) is 0 Å². The van der Waals surface area contributed by atoms with Crippen LogP contribution in [0.4, 0.5) is 5.69 Å². The Morgan fingerprint density at radius 2 is 1.90 bits per heavy atom. The first-order chi connectivity index (χ1) is 13.5. The summed E-state index contributed by atoms with van der Waals surface area (Å²) >= 11 is 0. The molecular weight excluding hydrogens is 479 g/mol. The molecule has 0 spiro atoms. The predicted molar refractivity (Wildman–Crippen MR) is 130 cm³/mol. The first-order valence-electron chi connectivity index (χ1n) is 10.2. The number of anilines is 1. The van der Waals surface area contributed by atoms with E-state index < -0.39 is 0 Å². The molecule has 1 saturated carbocycles.